The normalized spacial score (nSPS) is 14.1. The maximum Gasteiger partial charge on any atom is 0.295 e. The van der Waals surface area contributed by atoms with Crippen molar-refractivity contribution in [3.8, 4) is 33.9 Å². The molecule has 0 fully saturated rings. The smallest absolute Gasteiger partial charge is 0.295 e. The van der Waals surface area contributed by atoms with Crippen LogP contribution in [0.1, 0.15) is 28.4 Å². The Balaban J connectivity index is 1.17. The van der Waals surface area contributed by atoms with E-state index in [0.29, 0.717) is 94.8 Å². The molecule has 3 N–H and O–H groups in total. The third-order valence-electron chi connectivity index (χ3n) is 10.7. The monoisotopic (exact) mass is 784 g/mol. The molecule has 0 saturated carbocycles. The number of rotatable bonds is 5. The van der Waals surface area contributed by atoms with Crippen molar-refractivity contribution in [3.05, 3.63) is 171 Å². The molecule has 0 saturated heterocycles. The van der Waals surface area contributed by atoms with Gasteiger partial charge in [-0.05, 0) is 85.6 Å². The van der Waals surface area contributed by atoms with Crippen LogP contribution in [0, 0.1) is 13.8 Å². The minimum atomic E-state index is -4.64. The van der Waals surface area contributed by atoms with Crippen molar-refractivity contribution < 1.29 is 31.6 Å². The SMILES string of the molecule is Cc1ccc(N=c2ccc3c(-c4ccccc4S(=O)(=O)O)c4ccc(Nc5ccc(C)c6oc7ccccc7c(=O)c56)cc4oc-3c2)c2c1Oc1ccccc1C2O. The number of fused-ring (bicyclic) bond motifs is 6. The first-order valence-corrected chi connectivity index (χ1v) is 19.9. The van der Waals surface area contributed by atoms with Gasteiger partial charge in [-0.3, -0.25) is 9.35 Å². The number of aliphatic hydroxyl groups is 1. The summed E-state index contributed by atoms with van der Waals surface area (Å²) in [6.07, 6.45) is -0.974. The zero-order valence-electron chi connectivity index (χ0n) is 31.0. The van der Waals surface area contributed by atoms with Gasteiger partial charge in [0.2, 0.25) is 5.43 Å². The summed E-state index contributed by atoms with van der Waals surface area (Å²) < 4.78 is 54.9. The van der Waals surface area contributed by atoms with E-state index in [4.69, 9.17) is 18.6 Å². The van der Waals surface area contributed by atoms with E-state index in [9.17, 15) is 22.9 Å². The Morgan fingerprint density at radius 2 is 1.50 bits per heavy atom. The Hall–Kier alpha value is -7.05. The number of aryl methyl sites for hydroxylation is 2. The van der Waals surface area contributed by atoms with Gasteiger partial charge in [0.1, 0.15) is 45.0 Å². The van der Waals surface area contributed by atoms with E-state index in [2.05, 4.69) is 5.32 Å². The van der Waals surface area contributed by atoms with Crippen LogP contribution in [0.4, 0.5) is 17.1 Å². The molecule has 0 amide bonds. The van der Waals surface area contributed by atoms with E-state index in [1.807, 2.05) is 74.5 Å². The van der Waals surface area contributed by atoms with Gasteiger partial charge in [-0.25, -0.2) is 4.99 Å². The van der Waals surface area contributed by atoms with E-state index >= 15 is 0 Å². The van der Waals surface area contributed by atoms with Gasteiger partial charge in [-0.1, -0.05) is 60.7 Å². The molecule has 1 atom stereocenters. The van der Waals surface area contributed by atoms with Crippen LogP contribution in [0.15, 0.2) is 157 Å². The average Bonchev–Trinajstić information content (AvgIpc) is 3.22. The van der Waals surface area contributed by atoms with Crippen molar-refractivity contribution >= 4 is 60.1 Å². The van der Waals surface area contributed by atoms with Gasteiger partial charge in [0, 0.05) is 45.5 Å². The highest BCUT2D eigenvalue weighted by atomic mass is 32.2. The van der Waals surface area contributed by atoms with Crippen LogP contribution in [-0.2, 0) is 10.1 Å². The Bertz CT molecular complexity index is 3410. The Morgan fingerprint density at radius 1 is 0.724 bits per heavy atom. The quantitative estimate of drug-likeness (QED) is 0.114. The Labute approximate surface area is 331 Å². The minimum Gasteiger partial charge on any atom is -0.456 e. The molecule has 6 aromatic carbocycles. The number of para-hydroxylation sites is 2. The molecule has 10 rings (SSSR count). The Morgan fingerprint density at radius 3 is 2.36 bits per heavy atom. The zero-order valence-corrected chi connectivity index (χ0v) is 31.8. The molecule has 1 unspecified atom stereocenters. The fourth-order valence-corrected chi connectivity index (χ4v) is 8.60. The number of nitrogens with one attached hydrogen (secondary N) is 1. The molecule has 58 heavy (non-hydrogen) atoms. The van der Waals surface area contributed by atoms with Gasteiger partial charge in [-0.2, -0.15) is 8.42 Å². The van der Waals surface area contributed by atoms with Crippen LogP contribution in [-0.4, -0.2) is 18.1 Å². The highest BCUT2D eigenvalue weighted by molar-refractivity contribution is 7.86. The van der Waals surface area contributed by atoms with Crippen LogP contribution in [0.5, 0.6) is 11.5 Å². The van der Waals surface area contributed by atoms with E-state index in [1.54, 1.807) is 66.7 Å². The topological polar surface area (TPSA) is 152 Å². The van der Waals surface area contributed by atoms with Crippen LogP contribution in [0.3, 0.4) is 0 Å². The maximum atomic E-state index is 13.8. The maximum absolute atomic E-state index is 13.8. The molecule has 10 nitrogen and oxygen atoms in total. The predicted octanol–water partition coefficient (Wildman–Crippen LogP) is 10.5. The van der Waals surface area contributed by atoms with E-state index in [-0.39, 0.29) is 15.9 Å². The summed E-state index contributed by atoms with van der Waals surface area (Å²) in [5.41, 5.74) is 7.02. The number of benzene rings is 7. The summed E-state index contributed by atoms with van der Waals surface area (Å²) in [7, 11) is -4.64. The number of anilines is 2. The molecule has 3 aliphatic rings. The molecule has 2 aliphatic heterocycles. The standard InChI is InChI=1S/C47H32N2O8S/c1-25-15-21-34(42-44(50)31-9-3-6-12-36(31)56-46(25)42)48-27-17-19-29-38(23-27)55-39-24-28(18-20-30(39)41(29)33-11-5-8-14-40(33)58(52,53)54)49-35-22-16-26(2)47-43(35)45(51)32-10-4-7-13-37(32)57-47/h3-24,44,49-50H,1-2H3,(H,52,53,54). The molecule has 284 valence electrons. The van der Waals surface area contributed by atoms with Gasteiger partial charge in [0.25, 0.3) is 10.1 Å². The average molecular weight is 785 g/mol. The lowest BCUT2D eigenvalue weighted by Crippen LogP contribution is -2.11. The summed E-state index contributed by atoms with van der Waals surface area (Å²) in [5.74, 6) is 1.50. The summed E-state index contributed by atoms with van der Waals surface area (Å²) in [6, 6.07) is 38.9. The molecule has 3 heterocycles. The highest BCUT2D eigenvalue weighted by Gasteiger charge is 2.30. The fourth-order valence-electron chi connectivity index (χ4n) is 7.91. The number of nitrogens with zero attached hydrogens (tertiary/aromatic N) is 1. The first-order valence-electron chi connectivity index (χ1n) is 18.5. The fraction of sp³-hybridized carbons (Fsp3) is 0.0638. The van der Waals surface area contributed by atoms with Gasteiger partial charge in [-0.15, -0.1) is 0 Å². The molecule has 11 heteroatoms. The van der Waals surface area contributed by atoms with Crippen molar-refractivity contribution in [2.24, 2.45) is 4.99 Å². The molecular weight excluding hydrogens is 753 g/mol. The van der Waals surface area contributed by atoms with Crippen molar-refractivity contribution in [2.45, 2.75) is 24.8 Å². The van der Waals surface area contributed by atoms with Gasteiger partial charge in [0.15, 0.2) is 0 Å². The van der Waals surface area contributed by atoms with Crippen molar-refractivity contribution in [1.29, 1.82) is 0 Å². The summed E-state index contributed by atoms with van der Waals surface area (Å²) in [4.78, 5) is 18.5. The molecule has 0 spiro atoms. The largest absolute Gasteiger partial charge is 0.456 e. The third-order valence-corrected chi connectivity index (χ3v) is 11.6. The van der Waals surface area contributed by atoms with Crippen LogP contribution in [0.25, 0.3) is 55.4 Å². The number of ether oxygens (including phenoxy) is 1. The van der Waals surface area contributed by atoms with E-state index in [1.165, 1.54) is 6.07 Å². The summed E-state index contributed by atoms with van der Waals surface area (Å²) in [5, 5.41) is 16.9. The zero-order chi connectivity index (χ0) is 39.9. The number of hydrogen-bond acceptors (Lipinski definition) is 9. The first kappa shape index (κ1) is 35.4. The van der Waals surface area contributed by atoms with Crippen molar-refractivity contribution in [1.82, 2.24) is 0 Å². The lowest BCUT2D eigenvalue weighted by molar-refractivity contribution is 0.203. The lowest BCUT2D eigenvalue weighted by Gasteiger charge is -2.27. The molecular formula is C47H32N2O8S. The molecule has 1 aliphatic carbocycles. The summed E-state index contributed by atoms with van der Waals surface area (Å²) >= 11 is 0. The second-order valence-electron chi connectivity index (χ2n) is 14.3. The van der Waals surface area contributed by atoms with Crippen molar-refractivity contribution in [2.75, 3.05) is 5.32 Å². The second kappa shape index (κ2) is 13.3. The van der Waals surface area contributed by atoms with Crippen LogP contribution in [0.2, 0.25) is 0 Å². The van der Waals surface area contributed by atoms with E-state index < -0.39 is 16.2 Å². The molecule has 1 aromatic heterocycles. The number of aliphatic hydroxyl groups excluding tert-OH is 1. The molecule has 0 radical (unpaired) electrons. The van der Waals surface area contributed by atoms with Crippen LogP contribution < -0.4 is 20.8 Å². The minimum absolute atomic E-state index is 0.168. The van der Waals surface area contributed by atoms with Crippen molar-refractivity contribution in [3.63, 3.8) is 0 Å². The molecule has 7 aromatic rings. The van der Waals surface area contributed by atoms with E-state index in [0.717, 1.165) is 11.1 Å². The van der Waals surface area contributed by atoms with Gasteiger partial charge in [0.05, 0.1) is 33.1 Å². The third kappa shape index (κ3) is 5.75. The highest BCUT2D eigenvalue weighted by Crippen LogP contribution is 2.48. The van der Waals surface area contributed by atoms with Gasteiger partial charge < -0.3 is 24.0 Å². The van der Waals surface area contributed by atoms with Crippen LogP contribution >= 0.6 is 0 Å². The lowest BCUT2D eigenvalue weighted by atomic mass is 9.93. The second-order valence-corrected chi connectivity index (χ2v) is 15.7. The first-order chi connectivity index (χ1) is 28.0. The predicted molar refractivity (Wildman–Crippen MR) is 223 cm³/mol. The molecule has 0 bridgehead atoms. The van der Waals surface area contributed by atoms with Gasteiger partial charge >= 0.3 is 0 Å². The number of hydrogen-bond donors (Lipinski definition) is 3. The Kier molecular flexibility index (Phi) is 8.10. The summed E-state index contributed by atoms with van der Waals surface area (Å²) in [6.45, 7) is 3.80.